The van der Waals surface area contributed by atoms with Crippen molar-refractivity contribution < 1.29 is 4.79 Å². The molecule has 3 heteroatoms. The van der Waals surface area contributed by atoms with E-state index in [4.69, 9.17) is 0 Å². The third-order valence-electron chi connectivity index (χ3n) is 3.70. The third kappa shape index (κ3) is 1.78. The second-order valence-electron chi connectivity index (χ2n) is 5.58. The van der Waals surface area contributed by atoms with Gasteiger partial charge in [-0.15, -0.1) is 0 Å². The third-order valence-corrected chi connectivity index (χ3v) is 3.70. The van der Waals surface area contributed by atoms with E-state index in [1.165, 1.54) is 12.8 Å². The summed E-state index contributed by atoms with van der Waals surface area (Å²) in [5.41, 5.74) is -0.288. The van der Waals surface area contributed by atoms with E-state index in [-0.39, 0.29) is 5.54 Å². The van der Waals surface area contributed by atoms with Crippen molar-refractivity contribution in [1.29, 1.82) is 0 Å². The molecule has 0 radical (unpaired) electrons. The molecule has 1 saturated heterocycles. The first-order valence-electron chi connectivity index (χ1n) is 6.02. The highest BCUT2D eigenvalue weighted by Gasteiger charge is 2.47. The molecule has 0 unspecified atom stereocenters. The largest absolute Gasteiger partial charge is 0.337 e. The Balaban J connectivity index is 2.15. The van der Waals surface area contributed by atoms with Crippen LogP contribution in [0.5, 0.6) is 0 Å². The second-order valence-corrected chi connectivity index (χ2v) is 5.58. The zero-order valence-corrected chi connectivity index (χ0v) is 10.3. The van der Waals surface area contributed by atoms with Gasteiger partial charge in [-0.05, 0) is 40.5 Å². The standard InChI is InChI=1S/C12H22N2O/c1-9(2)13-7-8-14(10-5-6-10)12(3,4)11(13)15/h9-10H,5-8H2,1-4H3. The summed E-state index contributed by atoms with van der Waals surface area (Å²) in [6, 6.07) is 1.01. The van der Waals surface area contributed by atoms with Crippen molar-refractivity contribution in [2.75, 3.05) is 13.1 Å². The SMILES string of the molecule is CC(C)N1CCN(C2CC2)C(C)(C)C1=O. The van der Waals surface area contributed by atoms with E-state index in [0.717, 1.165) is 13.1 Å². The monoisotopic (exact) mass is 210 g/mol. The molecule has 86 valence electrons. The van der Waals surface area contributed by atoms with Gasteiger partial charge in [-0.3, -0.25) is 9.69 Å². The molecule has 0 aromatic heterocycles. The molecule has 15 heavy (non-hydrogen) atoms. The second kappa shape index (κ2) is 3.48. The lowest BCUT2D eigenvalue weighted by Gasteiger charge is -2.47. The van der Waals surface area contributed by atoms with Crippen LogP contribution in [0.4, 0.5) is 0 Å². The average Bonchev–Trinajstić information content (AvgIpc) is 2.92. The summed E-state index contributed by atoms with van der Waals surface area (Å²) in [4.78, 5) is 16.7. The molecule has 0 spiro atoms. The predicted octanol–water partition coefficient (Wildman–Crippen LogP) is 1.48. The van der Waals surface area contributed by atoms with Crippen LogP contribution in [0.1, 0.15) is 40.5 Å². The fourth-order valence-corrected chi connectivity index (χ4v) is 2.59. The zero-order chi connectivity index (χ0) is 11.2. The van der Waals surface area contributed by atoms with Gasteiger partial charge in [0.25, 0.3) is 0 Å². The first-order valence-corrected chi connectivity index (χ1v) is 6.02. The van der Waals surface area contributed by atoms with Crippen molar-refractivity contribution >= 4 is 5.91 Å². The van der Waals surface area contributed by atoms with Gasteiger partial charge in [-0.25, -0.2) is 0 Å². The number of carbonyl (C=O) groups excluding carboxylic acids is 1. The Kier molecular flexibility index (Phi) is 2.53. The van der Waals surface area contributed by atoms with Crippen LogP contribution in [0.2, 0.25) is 0 Å². The van der Waals surface area contributed by atoms with Crippen molar-refractivity contribution in [3.8, 4) is 0 Å². The van der Waals surface area contributed by atoms with Crippen LogP contribution in [0.15, 0.2) is 0 Å². The Morgan fingerprint density at radius 2 is 1.87 bits per heavy atom. The van der Waals surface area contributed by atoms with Crippen LogP contribution in [-0.2, 0) is 4.79 Å². The van der Waals surface area contributed by atoms with Crippen molar-refractivity contribution in [2.45, 2.75) is 58.2 Å². The number of piperazine rings is 1. The summed E-state index contributed by atoms with van der Waals surface area (Å²) in [7, 11) is 0. The fraction of sp³-hybridized carbons (Fsp3) is 0.917. The molecule has 3 nitrogen and oxygen atoms in total. The number of amides is 1. The number of nitrogens with zero attached hydrogens (tertiary/aromatic N) is 2. The zero-order valence-electron chi connectivity index (χ0n) is 10.3. The van der Waals surface area contributed by atoms with E-state index in [9.17, 15) is 4.79 Å². The lowest BCUT2D eigenvalue weighted by atomic mass is 9.96. The number of carbonyl (C=O) groups is 1. The molecule has 0 aromatic carbocycles. The summed E-state index contributed by atoms with van der Waals surface area (Å²) in [6.07, 6.45) is 2.55. The van der Waals surface area contributed by atoms with E-state index in [1.54, 1.807) is 0 Å². The van der Waals surface area contributed by atoms with E-state index in [1.807, 2.05) is 4.90 Å². The lowest BCUT2D eigenvalue weighted by molar-refractivity contribution is -0.151. The molecule has 2 aliphatic rings. The van der Waals surface area contributed by atoms with E-state index in [2.05, 4.69) is 32.6 Å². The number of hydrogen-bond donors (Lipinski definition) is 0. The fourth-order valence-electron chi connectivity index (χ4n) is 2.59. The highest BCUT2D eigenvalue weighted by Crippen LogP contribution is 2.35. The highest BCUT2D eigenvalue weighted by atomic mass is 16.2. The van der Waals surface area contributed by atoms with E-state index in [0.29, 0.717) is 18.0 Å². The van der Waals surface area contributed by atoms with E-state index >= 15 is 0 Å². The quantitative estimate of drug-likeness (QED) is 0.689. The molecular weight excluding hydrogens is 188 g/mol. The van der Waals surface area contributed by atoms with Gasteiger partial charge in [-0.2, -0.15) is 0 Å². The van der Waals surface area contributed by atoms with Gasteiger partial charge in [0, 0.05) is 25.2 Å². The summed E-state index contributed by atoms with van der Waals surface area (Å²) < 4.78 is 0. The van der Waals surface area contributed by atoms with E-state index < -0.39 is 0 Å². The molecule has 0 aromatic rings. The summed E-state index contributed by atoms with van der Waals surface area (Å²) in [6.45, 7) is 10.3. The molecule has 2 fully saturated rings. The summed E-state index contributed by atoms with van der Waals surface area (Å²) >= 11 is 0. The Morgan fingerprint density at radius 1 is 1.27 bits per heavy atom. The van der Waals surface area contributed by atoms with Crippen LogP contribution in [0, 0.1) is 0 Å². The molecule has 1 saturated carbocycles. The van der Waals surface area contributed by atoms with Gasteiger partial charge in [-0.1, -0.05) is 0 Å². The van der Waals surface area contributed by atoms with Gasteiger partial charge < -0.3 is 4.90 Å². The van der Waals surface area contributed by atoms with Gasteiger partial charge in [0.05, 0.1) is 5.54 Å². The average molecular weight is 210 g/mol. The summed E-state index contributed by atoms with van der Waals surface area (Å²) in [5.74, 6) is 0.302. The molecule has 1 aliphatic carbocycles. The van der Waals surface area contributed by atoms with Gasteiger partial charge in [0.15, 0.2) is 0 Å². The Bertz CT molecular complexity index is 269. The maximum Gasteiger partial charge on any atom is 0.242 e. The smallest absolute Gasteiger partial charge is 0.242 e. The van der Waals surface area contributed by atoms with Crippen LogP contribution in [0.3, 0.4) is 0 Å². The minimum Gasteiger partial charge on any atom is -0.337 e. The van der Waals surface area contributed by atoms with Gasteiger partial charge >= 0.3 is 0 Å². The summed E-state index contributed by atoms with van der Waals surface area (Å²) in [5, 5.41) is 0. The van der Waals surface area contributed by atoms with Gasteiger partial charge in [0.1, 0.15) is 0 Å². The Morgan fingerprint density at radius 3 is 2.33 bits per heavy atom. The van der Waals surface area contributed by atoms with Crippen LogP contribution >= 0.6 is 0 Å². The first-order chi connectivity index (χ1) is 6.94. The van der Waals surface area contributed by atoms with Crippen LogP contribution in [0.25, 0.3) is 0 Å². The topological polar surface area (TPSA) is 23.6 Å². The molecular formula is C12H22N2O. The molecule has 1 heterocycles. The van der Waals surface area contributed by atoms with Gasteiger partial charge in [0.2, 0.25) is 5.91 Å². The number of rotatable bonds is 2. The maximum absolute atomic E-state index is 12.3. The lowest BCUT2D eigenvalue weighted by Crippen LogP contribution is -2.64. The highest BCUT2D eigenvalue weighted by molar-refractivity contribution is 5.86. The first kappa shape index (κ1) is 10.9. The molecule has 1 amide bonds. The molecule has 0 atom stereocenters. The maximum atomic E-state index is 12.3. The minimum absolute atomic E-state index is 0.288. The minimum atomic E-state index is -0.288. The molecule has 0 N–H and O–H groups in total. The normalized spacial score (nSPS) is 27.5. The van der Waals surface area contributed by atoms with Crippen molar-refractivity contribution in [3.05, 3.63) is 0 Å². The molecule has 2 rings (SSSR count). The molecule has 0 bridgehead atoms. The number of hydrogen-bond acceptors (Lipinski definition) is 2. The van der Waals surface area contributed by atoms with Crippen LogP contribution in [-0.4, -0.2) is 46.4 Å². The Hall–Kier alpha value is -0.570. The molecule has 1 aliphatic heterocycles. The Labute approximate surface area is 92.4 Å². The van der Waals surface area contributed by atoms with Crippen molar-refractivity contribution in [3.63, 3.8) is 0 Å². The van der Waals surface area contributed by atoms with Crippen molar-refractivity contribution in [2.24, 2.45) is 0 Å². The van der Waals surface area contributed by atoms with Crippen molar-refractivity contribution in [1.82, 2.24) is 9.80 Å². The van der Waals surface area contributed by atoms with Crippen LogP contribution < -0.4 is 0 Å². The predicted molar refractivity (Wildman–Crippen MR) is 60.7 cm³/mol.